The molecule has 27 heavy (non-hydrogen) atoms. The van der Waals surface area contributed by atoms with Gasteiger partial charge >= 0.3 is 5.97 Å². The Morgan fingerprint density at radius 1 is 1.00 bits per heavy atom. The fraction of sp³-hybridized carbons (Fsp3) is 0.286. The van der Waals surface area contributed by atoms with Crippen LogP contribution in [0.4, 0.5) is 5.69 Å². The average molecular weight is 368 g/mol. The number of hydrogen-bond acceptors (Lipinski definition) is 3. The maximum Gasteiger partial charge on any atom is 0.322 e. The molecule has 1 atom stereocenters. The van der Waals surface area contributed by atoms with Crippen molar-refractivity contribution in [1.82, 2.24) is 5.32 Å². The van der Waals surface area contributed by atoms with Gasteiger partial charge in [-0.3, -0.25) is 14.4 Å². The maximum absolute atomic E-state index is 12.3. The number of rotatable bonds is 8. The number of aliphatic carboxylic acids is 1. The Morgan fingerprint density at radius 2 is 1.63 bits per heavy atom. The average Bonchev–Trinajstić information content (AvgIpc) is 2.66. The minimum absolute atomic E-state index is 0.0944. The molecule has 2 rings (SSSR count). The number of benzene rings is 2. The molecule has 3 N–H and O–H groups in total. The van der Waals surface area contributed by atoms with E-state index in [0.717, 1.165) is 12.0 Å². The van der Waals surface area contributed by atoms with Crippen molar-refractivity contribution in [3.05, 3.63) is 65.2 Å². The van der Waals surface area contributed by atoms with Gasteiger partial charge in [-0.2, -0.15) is 0 Å². The van der Waals surface area contributed by atoms with Crippen molar-refractivity contribution in [2.45, 2.75) is 32.6 Å². The first kappa shape index (κ1) is 20.2. The molecule has 2 amide bonds. The lowest BCUT2D eigenvalue weighted by Crippen LogP contribution is -2.29. The minimum Gasteiger partial charge on any atom is -0.480 e. The van der Waals surface area contributed by atoms with Gasteiger partial charge in [0.2, 0.25) is 5.91 Å². The van der Waals surface area contributed by atoms with E-state index in [1.165, 1.54) is 5.56 Å². The Bertz CT molecular complexity index is 798. The summed E-state index contributed by atoms with van der Waals surface area (Å²) < 4.78 is 0. The fourth-order valence-corrected chi connectivity index (χ4v) is 2.65. The van der Waals surface area contributed by atoms with Crippen LogP contribution in [0.3, 0.4) is 0 Å². The van der Waals surface area contributed by atoms with Gasteiger partial charge in [-0.15, -0.1) is 0 Å². The van der Waals surface area contributed by atoms with Crippen LogP contribution in [0.5, 0.6) is 0 Å². The molecule has 0 radical (unpaired) electrons. The second-order valence-electron chi connectivity index (χ2n) is 6.40. The molecule has 0 fully saturated rings. The predicted molar refractivity (Wildman–Crippen MR) is 104 cm³/mol. The predicted octanol–water partition coefficient (Wildman–Crippen LogP) is 3.20. The van der Waals surface area contributed by atoms with Crippen molar-refractivity contribution in [2.75, 3.05) is 11.9 Å². The van der Waals surface area contributed by atoms with Crippen LogP contribution in [0.25, 0.3) is 0 Å². The highest BCUT2D eigenvalue weighted by Crippen LogP contribution is 2.21. The second kappa shape index (κ2) is 9.52. The first-order valence-electron chi connectivity index (χ1n) is 8.87. The zero-order valence-electron chi connectivity index (χ0n) is 15.5. The van der Waals surface area contributed by atoms with Gasteiger partial charge in [-0.1, -0.05) is 38.1 Å². The monoisotopic (exact) mass is 368 g/mol. The summed E-state index contributed by atoms with van der Waals surface area (Å²) in [5, 5.41) is 13.7. The molecule has 0 saturated carbocycles. The van der Waals surface area contributed by atoms with Gasteiger partial charge in [-0.05, 0) is 47.7 Å². The lowest BCUT2D eigenvalue weighted by Gasteiger charge is -2.13. The highest BCUT2D eigenvalue weighted by Gasteiger charge is 2.12. The molecule has 0 saturated heterocycles. The smallest absolute Gasteiger partial charge is 0.322 e. The minimum atomic E-state index is -1.11. The van der Waals surface area contributed by atoms with Crippen LogP contribution in [0, 0.1) is 0 Å². The van der Waals surface area contributed by atoms with Crippen LogP contribution in [0.2, 0.25) is 0 Å². The van der Waals surface area contributed by atoms with Gasteiger partial charge < -0.3 is 15.7 Å². The molecule has 6 heteroatoms. The van der Waals surface area contributed by atoms with Crippen LogP contribution >= 0.6 is 0 Å². The van der Waals surface area contributed by atoms with E-state index < -0.39 is 18.4 Å². The van der Waals surface area contributed by atoms with Crippen molar-refractivity contribution < 1.29 is 19.5 Å². The summed E-state index contributed by atoms with van der Waals surface area (Å²) >= 11 is 0. The summed E-state index contributed by atoms with van der Waals surface area (Å²) in [6, 6.07) is 14.6. The maximum atomic E-state index is 12.3. The third kappa shape index (κ3) is 6.26. The summed E-state index contributed by atoms with van der Waals surface area (Å²) in [7, 11) is 0. The van der Waals surface area contributed by atoms with Gasteiger partial charge in [0.05, 0.1) is 0 Å². The normalized spacial score (nSPS) is 11.5. The van der Waals surface area contributed by atoms with E-state index in [-0.39, 0.29) is 11.8 Å². The van der Waals surface area contributed by atoms with E-state index in [4.69, 9.17) is 5.11 Å². The molecule has 1 unspecified atom stereocenters. The van der Waals surface area contributed by atoms with Gasteiger partial charge in [0.1, 0.15) is 6.54 Å². The summed E-state index contributed by atoms with van der Waals surface area (Å²) in [4.78, 5) is 34.5. The van der Waals surface area contributed by atoms with E-state index in [1.807, 2.05) is 6.92 Å². The van der Waals surface area contributed by atoms with Gasteiger partial charge in [-0.25, -0.2) is 0 Å². The van der Waals surface area contributed by atoms with Crippen LogP contribution in [0.1, 0.15) is 47.7 Å². The fourth-order valence-electron chi connectivity index (χ4n) is 2.65. The quantitative estimate of drug-likeness (QED) is 0.667. The number of carboxylic acids is 1. The van der Waals surface area contributed by atoms with Gasteiger partial charge in [0.15, 0.2) is 0 Å². The Balaban J connectivity index is 1.89. The van der Waals surface area contributed by atoms with Crippen molar-refractivity contribution in [2.24, 2.45) is 0 Å². The summed E-state index contributed by atoms with van der Waals surface area (Å²) in [5.41, 5.74) is 3.30. The van der Waals surface area contributed by atoms with Crippen LogP contribution in [-0.4, -0.2) is 29.4 Å². The van der Waals surface area contributed by atoms with E-state index >= 15 is 0 Å². The second-order valence-corrected chi connectivity index (χ2v) is 6.40. The van der Waals surface area contributed by atoms with Crippen molar-refractivity contribution in [3.63, 3.8) is 0 Å². The van der Waals surface area contributed by atoms with Gasteiger partial charge in [0.25, 0.3) is 5.91 Å². The number of hydrogen-bond donors (Lipinski definition) is 3. The third-order valence-corrected chi connectivity index (χ3v) is 4.28. The molecule has 0 heterocycles. The lowest BCUT2D eigenvalue weighted by molar-refractivity contribution is -0.135. The number of anilines is 1. The Kier molecular flexibility index (Phi) is 7.11. The van der Waals surface area contributed by atoms with Crippen molar-refractivity contribution in [3.8, 4) is 0 Å². The SMILES string of the molecule is CCc1ccc(C(C)CC(=O)Nc2ccc(C(=O)NCC(=O)O)cc2)cc1. The molecule has 0 aliphatic heterocycles. The number of nitrogens with one attached hydrogen (secondary N) is 2. The zero-order chi connectivity index (χ0) is 19.8. The molecule has 142 valence electrons. The van der Waals surface area contributed by atoms with Crippen LogP contribution in [-0.2, 0) is 16.0 Å². The Hall–Kier alpha value is -3.15. The number of carbonyl (C=O) groups excluding carboxylic acids is 2. The van der Waals surface area contributed by atoms with Crippen molar-refractivity contribution in [1.29, 1.82) is 0 Å². The highest BCUT2D eigenvalue weighted by atomic mass is 16.4. The van der Waals surface area contributed by atoms with E-state index in [2.05, 4.69) is 41.8 Å². The molecule has 6 nitrogen and oxygen atoms in total. The first-order chi connectivity index (χ1) is 12.9. The lowest BCUT2D eigenvalue weighted by atomic mass is 9.96. The van der Waals surface area contributed by atoms with Crippen LogP contribution in [0.15, 0.2) is 48.5 Å². The highest BCUT2D eigenvalue weighted by molar-refractivity contribution is 5.97. The molecule has 0 spiro atoms. The van der Waals surface area contributed by atoms with E-state index in [9.17, 15) is 14.4 Å². The molecule has 2 aromatic carbocycles. The molecule has 0 aliphatic carbocycles. The Labute approximate surface area is 158 Å². The molecule has 0 aliphatic rings. The molecule has 0 bridgehead atoms. The Morgan fingerprint density at radius 3 is 2.19 bits per heavy atom. The first-order valence-corrected chi connectivity index (χ1v) is 8.87. The topological polar surface area (TPSA) is 95.5 Å². The zero-order valence-corrected chi connectivity index (χ0v) is 15.5. The molecular weight excluding hydrogens is 344 g/mol. The largest absolute Gasteiger partial charge is 0.480 e. The van der Waals surface area contributed by atoms with E-state index in [0.29, 0.717) is 17.7 Å². The standard InChI is InChI=1S/C21H24N2O4/c1-3-15-4-6-16(7-5-15)14(2)12-19(24)23-18-10-8-17(9-11-18)21(27)22-13-20(25)26/h4-11,14H,3,12-13H2,1-2H3,(H,22,27)(H,23,24)(H,25,26). The number of aryl methyl sites for hydroxylation is 1. The van der Waals surface area contributed by atoms with E-state index in [1.54, 1.807) is 24.3 Å². The summed E-state index contributed by atoms with van der Waals surface area (Å²) in [5.74, 6) is -1.59. The number of amides is 2. The number of carboxylic acid groups (broad SMARTS) is 1. The number of carbonyl (C=O) groups is 3. The molecule has 0 aromatic heterocycles. The molecule has 2 aromatic rings. The summed E-state index contributed by atoms with van der Waals surface area (Å²) in [6.45, 7) is 3.68. The third-order valence-electron chi connectivity index (χ3n) is 4.28. The molecular formula is C21H24N2O4. The van der Waals surface area contributed by atoms with Crippen LogP contribution < -0.4 is 10.6 Å². The van der Waals surface area contributed by atoms with Gasteiger partial charge in [0, 0.05) is 17.7 Å². The summed E-state index contributed by atoms with van der Waals surface area (Å²) in [6.07, 6.45) is 1.34. The van der Waals surface area contributed by atoms with Crippen molar-refractivity contribution >= 4 is 23.5 Å².